The molecule has 0 aliphatic carbocycles. The van der Waals surface area contributed by atoms with Gasteiger partial charge in [-0.05, 0) is 228 Å². The minimum Gasteiger partial charge on any atom is -0.309 e. The van der Waals surface area contributed by atoms with Crippen LogP contribution in [0.3, 0.4) is 0 Å². The zero-order valence-electron chi connectivity index (χ0n) is 32.7. The Labute approximate surface area is 303 Å². The van der Waals surface area contributed by atoms with Crippen LogP contribution in [-0.4, -0.2) is 9.13 Å². The van der Waals surface area contributed by atoms with E-state index < -0.39 is 0 Å². The van der Waals surface area contributed by atoms with Gasteiger partial charge in [-0.2, -0.15) is 0 Å². The zero-order chi connectivity index (χ0) is 36.4. The summed E-state index contributed by atoms with van der Waals surface area (Å²) in [7, 11) is 0. The molecule has 2 heteroatoms. The first kappa shape index (κ1) is 33.1. The van der Waals surface area contributed by atoms with Crippen LogP contribution in [0.2, 0.25) is 0 Å². The molecule has 2 heterocycles. The van der Waals surface area contributed by atoms with Crippen LogP contribution in [0.15, 0.2) is 66.7 Å². The number of hydrogen-bond donors (Lipinski definition) is 0. The van der Waals surface area contributed by atoms with Gasteiger partial charge < -0.3 is 9.13 Å². The highest BCUT2D eigenvalue weighted by atomic mass is 15.0. The summed E-state index contributed by atoms with van der Waals surface area (Å²) in [6, 6.07) is 26.1. The van der Waals surface area contributed by atoms with E-state index in [0.29, 0.717) is 0 Å². The van der Waals surface area contributed by atoms with Gasteiger partial charge in [-0.3, -0.25) is 0 Å². The van der Waals surface area contributed by atoms with Crippen molar-refractivity contribution in [3.05, 3.63) is 139 Å². The lowest BCUT2D eigenvalue weighted by Crippen LogP contribution is -1.99. The van der Waals surface area contributed by atoms with E-state index in [1.807, 2.05) is 0 Å². The maximum Gasteiger partial charge on any atom is 0.0546 e. The van der Waals surface area contributed by atoms with E-state index in [-0.39, 0.29) is 0 Å². The standard InChI is InChI=1S/C49H50N2/c1-25-20-42-43(21-26(25)2)50(44-22-27(3)32(8)35(11)47(42)44)38-14-16-40(30(6)18-38)41-17-15-39(19-31(41)7)51-45-23-28(4)33(9)36(12)48(45)49-37(13)34(10)29(5)24-46(49)51/h14-24H,1-13H3. The van der Waals surface area contributed by atoms with Crippen LogP contribution in [0.25, 0.3) is 66.1 Å². The molecule has 0 saturated heterocycles. The third-order valence-electron chi connectivity index (χ3n) is 12.7. The van der Waals surface area contributed by atoms with Crippen LogP contribution in [-0.2, 0) is 0 Å². The molecule has 0 aliphatic heterocycles. The van der Waals surface area contributed by atoms with Crippen molar-refractivity contribution >= 4 is 43.6 Å². The average Bonchev–Trinajstić information content (AvgIpc) is 3.57. The summed E-state index contributed by atoms with van der Waals surface area (Å²) < 4.78 is 5.00. The average molecular weight is 667 g/mol. The Balaban J connectivity index is 1.30. The van der Waals surface area contributed by atoms with Crippen molar-refractivity contribution in [3.8, 4) is 22.5 Å². The lowest BCUT2D eigenvalue weighted by molar-refractivity contribution is 1.15. The number of aromatic nitrogens is 2. The Kier molecular flexibility index (Phi) is 7.44. The zero-order valence-corrected chi connectivity index (χ0v) is 32.7. The van der Waals surface area contributed by atoms with Crippen molar-refractivity contribution in [2.24, 2.45) is 0 Å². The largest absolute Gasteiger partial charge is 0.309 e. The summed E-state index contributed by atoms with van der Waals surface area (Å²) in [5, 5.41) is 5.49. The first-order chi connectivity index (χ1) is 24.2. The van der Waals surface area contributed by atoms with E-state index in [1.165, 1.54) is 138 Å². The van der Waals surface area contributed by atoms with E-state index in [4.69, 9.17) is 0 Å². The van der Waals surface area contributed by atoms with E-state index in [1.54, 1.807) is 0 Å². The van der Waals surface area contributed by atoms with Gasteiger partial charge in [0.1, 0.15) is 0 Å². The first-order valence-corrected chi connectivity index (χ1v) is 18.5. The molecule has 8 aromatic rings. The molecule has 0 unspecified atom stereocenters. The smallest absolute Gasteiger partial charge is 0.0546 e. The van der Waals surface area contributed by atoms with Gasteiger partial charge in [-0.1, -0.05) is 12.1 Å². The SMILES string of the molecule is Cc1cc2c3c(C)c(C)c(C)cc3n(-c3ccc(-c4ccc(-n5c6cc(C)c(C)c(C)c6c6c(C)c(C)c(C)cc65)cc4C)c(C)c3)c2cc1C. The van der Waals surface area contributed by atoms with Gasteiger partial charge in [0.25, 0.3) is 0 Å². The van der Waals surface area contributed by atoms with Crippen LogP contribution in [0.4, 0.5) is 0 Å². The Morgan fingerprint density at radius 3 is 1.08 bits per heavy atom. The molecule has 0 aliphatic rings. The summed E-state index contributed by atoms with van der Waals surface area (Å²) in [6.45, 7) is 29.4. The second-order valence-electron chi connectivity index (χ2n) is 15.6. The molecule has 0 spiro atoms. The maximum absolute atomic E-state index is 2.51. The molecule has 0 bridgehead atoms. The Hall–Kier alpha value is -5.08. The summed E-state index contributed by atoms with van der Waals surface area (Å²) in [4.78, 5) is 0. The van der Waals surface area contributed by atoms with Crippen LogP contribution in [0, 0.1) is 90.0 Å². The Morgan fingerprint density at radius 1 is 0.294 bits per heavy atom. The van der Waals surface area contributed by atoms with E-state index in [0.717, 1.165) is 0 Å². The first-order valence-electron chi connectivity index (χ1n) is 18.5. The van der Waals surface area contributed by atoms with Crippen molar-refractivity contribution in [2.45, 2.75) is 90.0 Å². The quantitative estimate of drug-likeness (QED) is 0.178. The van der Waals surface area contributed by atoms with Gasteiger partial charge in [-0.25, -0.2) is 0 Å². The van der Waals surface area contributed by atoms with Gasteiger partial charge in [0, 0.05) is 32.9 Å². The topological polar surface area (TPSA) is 9.86 Å². The molecule has 2 nitrogen and oxygen atoms in total. The highest BCUT2D eigenvalue weighted by Crippen LogP contribution is 2.42. The number of benzene rings is 6. The molecule has 0 atom stereocenters. The fourth-order valence-electron chi connectivity index (χ4n) is 8.86. The Morgan fingerprint density at radius 2 is 0.647 bits per heavy atom. The molecule has 51 heavy (non-hydrogen) atoms. The molecule has 2 aromatic heterocycles. The molecule has 0 amide bonds. The normalized spacial score (nSPS) is 12.0. The second kappa shape index (κ2) is 11.5. The third kappa shape index (κ3) is 4.68. The second-order valence-corrected chi connectivity index (χ2v) is 15.6. The highest BCUT2D eigenvalue weighted by molar-refractivity contribution is 6.14. The predicted molar refractivity (Wildman–Crippen MR) is 222 cm³/mol. The van der Waals surface area contributed by atoms with Crippen molar-refractivity contribution in [3.63, 3.8) is 0 Å². The molecule has 256 valence electrons. The number of aryl methyl sites for hydroxylation is 10. The lowest BCUT2D eigenvalue weighted by atomic mass is 9.94. The minimum absolute atomic E-state index is 1.21. The molecule has 0 N–H and O–H groups in total. The van der Waals surface area contributed by atoms with Crippen LogP contribution in [0.1, 0.15) is 72.3 Å². The van der Waals surface area contributed by atoms with Crippen molar-refractivity contribution in [1.29, 1.82) is 0 Å². The summed E-state index contributed by atoms with van der Waals surface area (Å²) in [5.74, 6) is 0. The van der Waals surface area contributed by atoms with Crippen molar-refractivity contribution in [2.75, 3.05) is 0 Å². The van der Waals surface area contributed by atoms with Gasteiger partial charge in [0.05, 0.1) is 22.1 Å². The summed E-state index contributed by atoms with van der Waals surface area (Å²) >= 11 is 0. The van der Waals surface area contributed by atoms with Crippen molar-refractivity contribution < 1.29 is 0 Å². The fourth-order valence-corrected chi connectivity index (χ4v) is 8.86. The fraction of sp³-hybridized carbons (Fsp3) is 0.265. The number of rotatable bonds is 3. The summed E-state index contributed by atoms with van der Waals surface area (Å²) in [6.07, 6.45) is 0. The van der Waals surface area contributed by atoms with E-state index in [9.17, 15) is 0 Å². The third-order valence-corrected chi connectivity index (χ3v) is 12.7. The number of hydrogen-bond acceptors (Lipinski definition) is 0. The van der Waals surface area contributed by atoms with Crippen molar-refractivity contribution in [1.82, 2.24) is 9.13 Å². The Bertz CT molecular complexity index is 2740. The predicted octanol–water partition coefficient (Wildman–Crippen LogP) is 13.6. The lowest BCUT2D eigenvalue weighted by Gasteiger charge is -2.17. The van der Waals surface area contributed by atoms with Crippen LogP contribution in [0.5, 0.6) is 0 Å². The molecule has 0 saturated carbocycles. The van der Waals surface area contributed by atoms with Gasteiger partial charge in [0.15, 0.2) is 0 Å². The van der Waals surface area contributed by atoms with E-state index >= 15 is 0 Å². The van der Waals surface area contributed by atoms with Crippen LogP contribution >= 0.6 is 0 Å². The monoisotopic (exact) mass is 666 g/mol. The van der Waals surface area contributed by atoms with Gasteiger partial charge in [0.2, 0.25) is 0 Å². The number of nitrogens with zero attached hydrogens (tertiary/aromatic N) is 2. The molecule has 6 aromatic carbocycles. The van der Waals surface area contributed by atoms with E-state index in [2.05, 4.69) is 166 Å². The molecule has 0 fully saturated rings. The summed E-state index contributed by atoms with van der Waals surface area (Å²) in [5.41, 5.74) is 27.7. The van der Waals surface area contributed by atoms with Crippen LogP contribution < -0.4 is 0 Å². The highest BCUT2D eigenvalue weighted by Gasteiger charge is 2.21. The maximum atomic E-state index is 2.51. The molecule has 0 radical (unpaired) electrons. The van der Waals surface area contributed by atoms with Gasteiger partial charge in [-0.15, -0.1) is 0 Å². The minimum atomic E-state index is 1.21. The number of fused-ring (bicyclic) bond motifs is 6. The molecular formula is C49H50N2. The molecular weight excluding hydrogens is 617 g/mol. The van der Waals surface area contributed by atoms with Gasteiger partial charge >= 0.3 is 0 Å². The molecule has 8 rings (SSSR count).